The molecule has 2 nitrogen and oxygen atoms in total. The van der Waals surface area contributed by atoms with Crippen molar-refractivity contribution in [2.45, 2.75) is 44.3 Å². The van der Waals surface area contributed by atoms with Gasteiger partial charge in [0, 0.05) is 0 Å². The van der Waals surface area contributed by atoms with Crippen LogP contribution < -0.4 is 0 Å². The molecule has 76 valence electrons. The van der Waals surface area contributed by atoms with Gasteiger partial charge < -0.3 is 9.84 Å². The predicted molar refractivity (Wildman–Crippen MR) is 55.4 cm³/mol. The molecule has 1 fully saturated rings. The monoisotopic (exact) mass is 192 g/mol. The fraction of sp³-hybridized carbons (Fsp3) is 0.667. The van der Waals surface area contributed by atoms with Crippen LogP contribution in [0.5, 0.6) is 0 Å². The minimum Gasteiger partial charge on any atom is -0.369 e. The van der Waals surface area contributed by atoms with E-state index < -0.39 is 6.10 Å². The predicted octanol–water partition coefficient (Wildman–Crippen LogP) is 1.33. The highest BCUT2D eigenvalue weighted by molar-refractivity contribution is 5.16. The summed E-state index contributed by atoms with van der Waals surface area (Å²) >= 11 is 0. The standard InChI is InChI=1S/C12H16O2/c1-2-11(13)7-6-10-14-12-8-4-3-5-9-12/h1,11-13H,3-5,8-10H2. The molecule has 0 aromatic carbocycles. The Hall–Kier alpha value is -0.960. The van der Waals surface area contributed by atoms with Crippen LogP contribution in [-0.2, 0) is 4.74 Å². The van der Waals surface area contributed by atoms with E-state index >= 15 is 0 Å². The molecule has 0 bridgehead atoms. The van der Waals surface area contributed by atoms with E-state index in [1.807, 2.05) is 0 Å². The average Bonchev–Trinajstić information content (AvgIpc) is 2.25. The van der Waals surface area contributed by atoms with Crippen LogP contribution in [0.15, 0.2) is 0 Å². The van der Waals surface area contributed by atoms with Crippen LogP contribution in [0.4, 0.5) is 0 Å². The number of rotatable bonds is 2. The van der Waals surface area contributed by atoms with E-state index in [1.165, 1.54) is 19.3 Å². The molecule has 0 saturated heterocycles. The van der Waals surface area contributed by atoms with Gasteiger partial charge in [0.15, 0.2) is 6.10 Å². The number of hydrogen-bond donors (Lipinski definition) is 1. The third kappa shape index (κ3) is 4.33. The van der Waals surface area contributed by atoms with E-state index in [9.17, 15) is 0 Å². The Bertz CT molecular complexity index is 248. The number of hydrogen-bond acceptors (Lipinski definition) is 2. The Labute approximate surface area is 85.7 Å². The number of terminal acetylenes is 1. The molecule has 2 heteroatoms. The maximum Gasteiger partial charge on any atom is 0.176 e. The SMILES string of the molecule is C#CC(O)C#CCOC1CCCCC1. The van der Waals surface area contributed by atoms with Crippen molar-refractivity contribution in [3.8, 4) is 24.2 Å². The second-order valence-electron chi connectivity index (χ2n) is 3.46. The lowest BCUT2D eigenvalue weighted by Crippen LogP contribution is -2.16. The largest absolute Gasteiger partial charge is 0.369 e. The highest BCUT2D eigenvalue weighted by atomic mass is 16.5. The lowest BCUT2D eigenvalue weighted by Gasteiger charge is -2.20. The summed E-state index contributed by atoms with van der Waals surface area (Å²) in [7, 11) is 0. The zero-order chi connectivity index (χ0) is 10.2. The van der Waals surface area contributed by atoms with Crippen molar-refractivity contribution in [3.63, 3.8) is 0 Å². The highest BCUT2D eigenvalue weighted by Crippen LogP contribution is 2.19. The van der Waals surface area contributed by atoms with E-state index in [0.29, 0.717) is 12.7 Å². The Morgan fingerprint density at radius 1 is 1.36 bits per heavy atom. The Morgan fingerprint density at radius 2 is 2.07 bits per heavy atom. The molecule has 0 radical (unpaired) electrons. The third-order valence-corrected chi connectivity index (χ3v) is 2.34. The normalized spacial score (nSPS) is 19.1. The topological polar surface area (TPSA) is 29.5 Å². The summed E-state index contributed by atoms with van der Waals surface area (Å²) in [4.78, 5) is 0. The second kappa shape index (κ2) is 6.49. The molecule has 14 heavy (non-hydrogen) atoms. The van der Waals surface area contributed by atoms with Gasteiger partial charge in [-0.3, -0.25) is 0 Å². The van der Waals surface area contributed by atoms with Crippen molar-refractivity contribution in [1.82, 2.24) is 0 Å². The highest BCUT2D eigenvalue weighted by Gasteiger charge is 2.12. The number of aliphatic hydroxyl groups excluding tert-OH is 1. The first kappa shape index (κ1) is 11.1. The fourth-order valence-electron chi connectivity index (χ4n) is 1.57. The number of ether oxygens (including phenoxy) is 1. The molecule has 0 aromatic rings. The summed E-state index contributed by atoms with van der Waals surface area (Å²) in [5, 5.41) is 8.93. The van der Waals surface area contributed by atoms with Gasteiger partial charge in [0.1, 0.15) is 6.61 Å². The van der Waals surface area contributed by atoms with Gasteiger partial charge >= 0.3 is 0 Å². The lowest BCUT2D eigenvalue weighted by molar-refractivity contribution is 0.0496. The van der Waals surface area contributed by atoms with E-state index in [1.54, 1.807) is 0 Å². The van der Waals surface area contributed by atoms with Gasteiger partial charge in [-0.1, -0.05) is 37.0 Å². The van der Waals surface area contributed by atoms with Gasteiger partial charge in [-0.2, -0.15) is 0 Å². The molecule has 1 unspecified atom stereocenters. The Balaban J connectivity index is 2.13. The maximum absolute atomic E-state index is 8.93. The molecule has 1 N–H and O–H groups in total. The second-order valence-corrected chi connectivity index (χ2v) is 3.46. The van der Waals surface area contributed by atoms with Crippen molar-refractivity contribution in [1.29, 1.82) is 0 Å². The van der Waals surface area contributed by atoms with Crippen LogP contribution in [0.1, 0.15) is 32.1 Å². The van der Waals surface area contributed by atoms with Crippen molar-refractivity contribution < 1.29 is 9.84 Å². The van der Waals surface area contributed by atoms with E-state index in [4.69, 9.17) is 16.3 Å². The Morgan fingerprint density at radius 3 is 2.71 bits per heavy atom. The first-order valence-electron chi connectivity index (χ1n) is 5.07. The van der Waals surface area contributed by atoms with Crippen LogP contribution in [0.25, 0.3) is 0 Å². The zero-order valence-electron chi connectivity index (χ0n) is 8.33. The van der Waals surface area contributed by atoms with Gasteiger partial charge in [-0.05, 0) is 12.8 Å². The lowest BCUT2D eigenvalue weighted by atomic mass is 9.98. The zero-order valence-corrected chi connectivity index (χ0v) is 8.33. The minimum absolute atomic E-state index is 0.362. The number of aliphatic hydroxyl groups is 1. The van der Waals surface area contributed by atoms with Crippen LogP contribution in [-0.4, -0.2) is 23.9 Å². The molecule has 0 heterocycles. The quantitative estimate of drug-likeness (QED) is 0.669. The molecule has 1 aliphatic rings. The summed E-state index contributed by atoms with van der Waals surface area (Å²) < 4.78 is 5.52. The Kier molecular flexibility index (Phi) is 5.15. The van der Waals surface area contributed by atoms with Crippen LogP contribution in [0, 0.1) is 24.2 Å². The van der Waals surface area contributed by atoms with Gasteiger partial charge in [0.2, 0.25) is 0 Å². The molecule has 1 rings (SSSR count). The molecule has 1 atom stereocenters. The molecular formula is C12H16O2. The van der Waals surface area contributed by atoms with Crippen molar-refractivity contribution in [2.24, 2.45) is 0 Å². The maximum atomic E-state index is 8.93. The van der Waals surface area contributed by atoms with Crippen LogP contribution in [0.3, 0.4) is 0 Å². The van der Waals surface area contributed by atoms with Gasteiger partial charge in [-0.25, -0.2) is 0 Å². The summed E-state index contributed by atoms with van der Waals surface area (Å²) in [5.74, 6) is 7.36. The summed E-state index contributed by atoms with van der Waals surface area (Å²) in [6, 6.07) is 0. The minimum atomic E-state index is -0.954. The van der Waals surface area contributed by atoms with Gasteiger partial charge in [0.25, 0.3) is 0 Å². The van der Waals surface area contributed by atoms with Gasteiger partial charge in [-0.15, -0.1) is 6.42 Å². The summed E-state index contributed by atoms with van der Waals surface area (Å²) in [6.07, 6.45) is 10.5. The first-order chi connectivity index (χ1) is 6.83. The average molecular weight is 192 g/mol. The molecule has 0 amide bonds. The molecule has 1 aliphatic carbocycles. The van der Waals surface area contributed by atoms with E-state index in [-0.39, 0.29) is 0 Å². The molecule has 0 aliphatic heterocycles. The molecule has 0 aromatic heterocycles. The van der Waals surface area contributed by atoms with Crippen molar-refractivity contribution in [3.05, 3.63) is 0 Å². The summed E-state index contributed by atoms with van der Waals surface area (Å²) in [5.41, 5.74) is 0. The van der Waals surface area contributed by atoms with Crippen molar-refractivity contribution in [2.75, 3.05) is 6.61 Å². The molecular weight excluding hydrogens is 176 g/mol. The molecule has 0 spiro atoms. The molecule has 1 saturated carbocycles. The first-order valence-corrected chi connectivity index (χ1v) is 5.07. The van der Waals surface area contributed by atoms with Crippen LogP contribution in [0.2, 0.25) is 0 Å². The van der Waals surface area contributed by atoms with Crippen molar-refractivity contribution >= 4 is 0 Å². The van der Waals surface area contributed by atoms with E-state index in [0.717, 1.165) is 12.8 Å². The van der Waals surface area contributed by atoms with E-state index in [2.05, 4.69) is 17.8 Å². The summed E-state index contributed by atoms with van der Waals surface area (Å²) in [6.45, 7) is 0.378. The smallest absolute Gasteiger partial charge is 0.176 e. The van der Waals surface area contributed by atoms with Gasteiger partial charge in [0.05, 0.1) is 6.10 Å². The fourth-order valence-corrected chi connectivity index (χ4v) is 1.57. The van der Waals surface area contributed by atoms with Crippen LogP contribution >= 0.6 is 0 Å². The third-order valence-electron chi connectivity index (χ3n) is 2.34.